The molecule has 8 heteroatoms. The van der Waals surface area contributed by atoms with Gasteiger partial charge in [-0.25, -0.2) is 4.21 Å². The number of benzene rings is 2. The van der Waals surface area contributed by atoms with Gasteiger partial charge in [-0.1, -0.05) is 30.3 Å². The van der Waals surface area contributed by atoms with E-state index in [4.69, 9.17) is 9.29 Å². The van der Waals surface area contributed by atoms with Gasteiger partial charge in [0.2, 0.25) is 0 Å². The number of anilines is 1. The molecule has 0 aliphatic carbocycles. The number of hydrogen-bond acceptors (Lipinski definition) is 4. The van der Waals surface area contributed by atoms with Crippen LogP contribution in [0.3, 0.4) is 0 Å². The second kappa shape index (κ2) is 8.94. The highest BCUT2D eigenvalue weighted by Crippen LogP contribution is 2.30. The number of carbonyl (C=O) groups excluding carboxylic acids is 1. The zero-order valence-electron chi connectivity index (χ0n) is 16.9. The van der Waals surface area contributed by atoms with Crippen LogP contribution < -0.4 is 9.46 Å². The molecule has 0 spiro atoms. The lowest BCUT2D eigenvalue weighted by atomic mass is 9.91. The van der Waals surface area contributed by atoms with Gasteiger partial charge in [0.1, 0.15) is 5.75 Å². The lowest BCUT2D eigenvalue weighted by molar-refractivity contribution is 0.0391. The fraction of sp³-hybridized carbons (Fsp3) is 0.381. The molecule has 1 fully saturated rings. The van der Waals surface area contributed by atoms with Crippen LogP contribution in [0.2, 0.25) is 0 Å². The van der Waals surface area contributed by atoms with Crippen LogP contribution >= 0.6 is 0 Å². The van der Waals surface area contributed by atoms with Gasteiger partial charge in [0.05, 0.1) is 12.8 Å². The van der Waals surface area contributed by atoms with Gasteiger partial charge in [-0.2, -0.15) is 0 Å². The van der Waals surface area contributed by atoms with Gasteiger partial charge in [0, 0.05) is 37.3 Å². The SMILES string of the molecule is COc1cc(C(=O)N2CCN(C(C)(C)c3ccccc3)CC2)ccc1NS(=O)O. The summed E-state index contributed by atoms with van der Waals surface area (Å²) < 4.78 is 27.6. The molecule has 0 bridgehead atoms. The zero-order chi connectivity index (χ0) is 21.0. The van der Waals surface area contributed by atoms with Gasteiger partial charge < -0.3 is 9.64 Å². The highest BCUT2D eigenvalue weighted by Gasteiger charge is 2.32. The Balaban J connectivity index is 1.68. The van der Waals surface area contributed by atoms with Crippen molar-refractivity contribution in [3.63, 3.8) is 0 Å². The topological polar surface area (TPSA) is 82.1 Å². The van der Waals surface area contributed by atoms with E-state index in [1.54, 1.807) is 18.2 Å². The Morgan fingerprint density at radius 2 is 1.76 bits per heavy atom. The van der Waals surface area contributed by atoms with Gasteiger partial charge in [-0.05, 0) is 37.6 Å². The van der Waals surface area contributed by atoms with Crippen molar-refractivity contribution in [2.45, 2.75) is 19.4 Å². The number of piperazine rings is 1. The van der Waals surface area contributed by atoms with Crippen LogP contribution in [0.25, 0.3) is 0 Å². The first kappa shape index (κ1) is 21.3. The first-order valence-corrected chi connectivity index (χ1v) is 10.6. The smallest absolute Gasteiger partial charge is 0.259 e. The van der Waals surface area contributed by atoms with Crippen LogP contribution in [0.5, 0.6) is 5.75 Å². The highest BCUT2D eigenvalue weighted by atomic mass is 32.2. The minimum absolute atomic E-state index is 0.0721. The molecule has 29 heavy (non-hydrogen) atoms. The highest BCUT2D eigenvalue weighted by molar-refractivity contribution is 7.80. The van der Waals surface area contributed by atoms with E-state index >= 15 is 0 Å². The van der Waals surface area contributed by atoms with Crippen LogP contribution in [-0.2, 0) is 16.8 Å². The summed E-state index contributed by atoms with van der Waals surface area (Å²) in [5, 5.41) is 0. The Bertz CT molecular complexity index is 881. The van der Waals surface area contributed by atoms with Crippen molar-refractivity contribution in [1.29, 1.82) is 0 Å². The number of carbonyl (C=O) groups is 1. The second-order valence-corrected chi connectivity index (χ2v) is 8.17. The summed E-state index contributed by atoms with van der Waals surface area (Å²) in [6.07, 6.45) is 0. The first-order valence-electron chi connectivity index (χ1n) is 9.48. The van der Waals surface area contributed by atoms with Gasteiger partial charge in [0.25, 0.3) is 17.2 Å². The predicted molar refractivity (Wildman–Crippen MR) is 114 cm³/mol. The Kier molecular flexibility index (Phi) is 6.56. The van der Waals surface area contributed by atoms with Crippen molar-refractivity contribution >= 4 is 22.9 Å². The maximum atomic E-state index is 12.9. The van der Waals surface area contributed by atoms with Gasteiger partial charge in [-0.15, -0.1) is 0 Å². The number of hydrogen-bond donors (Lipinski definition) is 2. The standard InChI is InChI=1S/C21H27N3O4S/c1-21(2,17-7-5-4-6-8-17)24-13-11-23(12-14-24)20(25)16-9-10-18(22-29(26)27)19(15-16)28-3/h4-10,15,22H,11-14H2,1-3H3,(H,26,27). The van der Waals surface area contributed by atoms with Crippen molar-refractivity contribution in [3.05, 3.63) is 59.7 Å². The molecule has 0 saturated carbocycles. The van der Waals surface area contributed by atoms with Crippen molar-refractivity contribution in [2.24, 2.45) is 0 Å². The average Bonchev–Trinajstić information content (AvgIpc) is 2.74. The number of ether oxygens (including phenoxy) is 1. The van der Waals surface area contributed by atoms with Crippen LogP contribution in [0.4, 0.5) is 5.69 Å². The molecular formula is C21H27N3O4S. The Morgan fingerprint density at radius 1 is 1.10 bits per heavy atom. The van der Waals surface area contributed by atoms with Crippen molar-refractivity contribution in [3.8, 4) is 5.75 Å². The minimum atomic E-state index is -2.21. The van der Waals surface area contributed by atoms with Crippen molar-refractivity contribution in [2.75, 3.05) is 38.0 Å². The minimum Gasteiger partial charge on any atom is -0.495 e. The summed E-state index contributed by atoms with van der Waals surface area (Å²) in [4.78, 5) is 17.2. The summed E-state index contributed by atoms with van der Waals surface area (Å²) in [6, 6.07) is 15.2. The van der Waals surface area contributed by atoms with Crippen LogP contribution in [0, 0.1) is 0 Å². The number of rotatable bonds is 6. The molecule has 2 aromatic carbocycles. The maximum absolute atomic E-state index is 12.9. The lowest BCUT2D eigenvalue weighted by Gasteiger charge is -2.44. The third-order valence-corrected chi connectivity index (χ3v) is 5.88. The zero-order valence-corrected chi connectivity index (χ0v) is 17.7. The Morgan fingerprint density at radius 3 is 2.34 bits per heavy atom. The van der Waals surface area contributed by atoms with Crippen molar-refractivity contribution in [1.82, 2.24) is 9.80 Å². The number of amides is 1. The molecule has 0 radical (unpaired) electrons. The molecule has 2 N–H and O–H groups in total. The lowest BCUT2D eigenvalue weighted by Crippen LogP contribution is -2.54. The molecule has 1 aliphatic heterocycles. The van der Waals surface area contributed by atoms with E-state index in [9.17, 15) is 9.00 Å². The van der Waals surface area contributed by atoms with E-state index in [2.05, 4.69) is 47.7 Å². The second-order valence-electron chi connectivity index (χ2n) is 7.47. The van der Waals surface area contributed by atoms with E-state index in [1.165, 1.54) is 12.7 Å². The summed E-state index contributed by atoms with van der Waals surface area (Å²) in [5.41, 5.74) is 2.01. The summed E-state index contributed by atoms with van der Waals surface area (Å²) >= 11 is -2.21. The largest absolute Gasteiger partial charge is 0.495 e. The van der Waals surface area contributed by atoms with E-state index in [1.807, 2.05) is 11.0 Å². The van der Waals surface area contributed by atoms with E-state index in [-0.39, 0.29) is 11.4 Å². The first-order chi connectivity index (χ1) is 13.8. The Hall–Kier alpha value is -2.42. The molecule has 1 unspecified atom stereocenters. The van der Waals surface area contributed by atoms with Crippen molar-refractivity contribution < 1.29 is 18.3 Å². The van der Waals surface area contributed by atoms with Gasteiger partial charge >= 0.3 is 0 Å². The number of methoxy groups -OCH3 is 1. The molecule has 3 rings (SSSR count). The average molecular weight is 418 g/mol. The molecule has 0 aromatic heterocycles. The molecule has 1 atom stereocenters. The van der Waals surface area contributed by atoms with E-state index in [0.717, 1.165) is 13.1 Å². The van der Waals surface area contributed by atoms with Gasteiger partial charge in [-0.3, -0.25) is 19.0 Å². The normalized spacial score (nSPS) is 16.3. The summed E-state index contributed by atoms with van der Waals surface area (Å²) in [7, 11) is 1.46. The fourth-order valence-corrected chi connectivity index (χ4v) is 4.04. The quantitative estimate of drug-likeness (QED) is 0.707. The Labute approximate surface area is 174 Å². The molecule has 1 aliphatic rings. The summed E-state index contributed by atoms with van der Waals surface area (Å²) in [5.74, 6) is 0.277. The molecular weight excluding hydrogens is 390 g/mol. The molecule has 1 amide bonds. The number of nitrogens with zero attached hydrogens (tertiary/aromatic N) is 2. The maximum Gasteiger partial charge on any atom is 0.259 e. The van der Waals surface area contributed by atoms with Crippen LogP contribution in [-0.4, -0.2) is 57.8 Å². The van der Waals surface area contributed by atoms with Crippen LogP contribution in [0.1, 0.15) is 29.8 Å². The third kappa shape index (κ3) is 4.77. The summed E-state index contributed by atoms with van der Waals surface area (Å²) in [6.45, 7) is 7.26. The van der Waals surface area contributed by atoms with E-state index < -0.39 is 11.3 Å². The monoisotopic (exact) mass is 417 g/mol. The number of nitrogens with one attached hydrogen (secondary N) is 1. The molecule has 1 heterocycles. The molecule has 2 aromatic rings. The molecule has 156 valence electrons. The molecule has 7 nitrogen and oxygen atoms in total. The fourth-order valence-electron chi connectivity index (χ4n) is 3.68. The van der Waals surface area contributed by atoms with Gasteiger partial charge in [0.15, 0.2) is 0 Å². The molecule has 1 saturated heterocycles. The predicted octanol–water partition coefficient (Wildman–Crippen LogP) is 2.94. The van der Waals surface area contributed by atoms with Crippen LogP contribution in [0.15, 0.2) is 48.5 Å². The third-order valence-electron chi connectivity index (χ3n) is 5.48. The van der Waals surface area contributed by atoms with E-state index in [0.29, 0.717) is 30.1 Å².